The van der Waals surface area contributed by atoms with Gasteiger partial charge in [-0.2, -0.15) is 0 Å². The van der Waals surface area contributed by atoms with E-state index in [1.807, 2.05) is 0 Å². The monoisotopic (exact) mass is 195 g/mol. The number of nitrogens with zero attached hydrogens (tertiary/aromatic N) is 2. The first-order chi connectivity index (χ1) is 6.32. The summed E-state index contributed by atoms with van der Waals surface area (Å²) in [6, 6.07) is 1.43. The van der Waals surface area contributed by atoms with Gasteiger partial charge < -0.3 is 5.73 Å². The van der Waals surface area contributed by atoms with Gasteiger partial charge in [-0.25, -0.2) is 0 Å². The molecule has 0 aliphatic rings. The third-order valence-electron chi connectivity index (χ3n) is 1.93. The molecule has 1 aromatic heterocycles. The second-order valence-electron chi connectivity index (χ2n) is 3.83. The van der Waals surface area contributed by atoms with E-state index in [0.29, 0.717) is 11.3 Å². The summed E-state index contributed by atoms with van der Waals surface area (Å²) in [4.78, 5) is 14.3. The normalized spacial score (nSPS) is 11.4. The lowest BCUT2D eigenvalue weighted by atomic mass is 10.0. The highest BCUT2D eigenvalue weighted by atomic mass is 16.6. The smallest absolute Gasteiger partial charge is 0.275 e. The number of nitro groups is 1. The van der Waals surface area contributed by atoms with Crippen LogP contribution in [0.15, 0.2) is 12.3 Å². The van der Waals surface area contributed by atoms with Gasteiger partial charge in [0.1, 0.15) is 0 Å². The van der Waals surface area contributed by atoms with Crippen molar-refractivity contribution in [2.75, 3.05) is 0 Å². The van der Waals surface area contributed by atoms with E-state index in [1.54, 1.807) is 20.8 Å². The molecule has 0 atom stereocenters. The molecule has 1 heterocycles. The fourth-order valence-electron chi connectivity index (χ4n) is 1.06. The Kier molecular flexibility index (Phi) is 2.53. The van der Waals surface area contributed by atoms with Crippen molar-refractivity contribution in [3.63, 3.8) is 0 Å². The number of hydrogen-bond acceptors (Lipinski definition) is 4. The zero-order valence-electron chi connectivity index (χ0n) is 8.44. The summed E-state index contributed by atoms with van der Waals surface area (Å²) >= 11 is 0. The molecule has 0 saturated heterocycles. The summed E-state index contributed by atoms with van der Waals surface area (Å²) in [7, 11) is 0. The van der Waals surface area contributed by atoms with E-state index in [0.717, 1.165) is 0 Å². The SMILES string of the molecule is Cc1cnc(C(C)(C)N)cc1[N+](=O)[O-]. The number of aromatic nitrogens is 1. The van der Waals surface area contributed by atoms with E-state index in [4.69, 9.17) is 5.73 Å². The highest BCUT2D eigenvalue weighted by Gasteiger charge is 2.20. The molecule has 14 heavy (non-hydrogen) atoms. The summed E-state index contributed by atoms with van der Waals surface area (Å²) in [6.07, 6.45) is 1.47. The van der Waals surface area contributed by atoms with Crippen LogP contribution in [0.4, 0.5) is 5.69 Å². The van der Waals surface area contributed by atoms with Crippen LogP contribution in [-0.4, -0.2) is 9.91 Å². The minimum Gasteiger partial charge on any atom is -0.321 e. The molecule has 0 aliphatic heterocycles. The number of aryl methyl sites for hydroxylation is 1. The standard InChI is InChI=1S/C9H13N3O2/c1-6-5-11-8(9(2,3)10)4-7(6)12(13)14/h4-5H,10H2,1-3H3. The van der Waals surface area contributed by atoms with Gasteiger partial charge in [0.05, 0.1) is 16.2 Å². The zero-order valence-corrected chi connectivity index (χ0v) is 8.44. The molecule has 5 heteroatoms. The highest BCUT2D eigenvalue weighted by Crippen LogP contribution is 2.22. The maximum atomic E-state index is 10.6. The molecule has 2 N–H and O–H groups in total. The van der Waals surface area contributed by atoms with Gasteiger partial charge in [-0.05, 0) is 20.8 Å². The van der Waals surface area contributed by atoms with E-state index in [9.17, 15) is 10.1 Å². The van der Waals surface area contributed by atoms with E-state index in [2.05, 4.69) is 4.98 Å². The van der Waals surface area contributed by atoms with Crippen molar-refractivity contribution in [1.29, 1.82) is 0 Å². The number of hydrogen-bond donors (Lipinski definition) is 1. The molecule has 1 rings (SSSR count). The fraction of sp³-hybridized carbons (Fsp3) is 0.444. The van der Waals surface area contributed by atoms with Gasteiger partial charge in [0.2, 0.25) is 0 Å². The molecule has 1 aromatic rings. The molecule has 0 radical (unpaired) electrons. The summed E-state index contributed by atoms with van der Waals surface area (Å²) in [5.41, 5.74) is 6.27. The average molecular weight is 195 g/mol. The third-order valence-corrected chi connectivity index (χ3v) is 1.93. The first kappa shape index (κ1) is 10.6. The number of nitrogens with two attached hydrogens (primary N) is 1. The minimum atomic E-state index is -0.654. The fourth-order valence-corrected chi connectivity index (χ4v) is 1.06. The van der Waals surface area contributed by atoms with Crippen LogP contribution in [0.5, 0.6) is 0 Å². The second kappa shape index (κ2) is 3.34. The first-order valence-electron chi connectivity index (χ1n) is 4.23. The first-order valence-corrected chi connectivity index (χ1v) is 4.23. The zero-order chi connectivity index (χ0) is 10.9. The molecule has 0 fully saturated rings. The van der Waals surface area contributed by atoms with Crippen molar-refractivity contribution < 1.29 is 4.92 Å². The molecule has 0 saturated carbocycles. The van der Waals surface area contributed by atoms with Crippen LogP contribution in [0.25, 0.3) is 0 Å². The molecular formula is C9H13N3O2. The molecule has 0 spiro atoms. The Morgan fingerprint density at radius 2 is 2.14 bits per heavy atom. The van der Waals surface area contributed by atoms with Crippen molar-refractivity contribution in [3.05, 3.63) is 33.6 Å². The van der Waals surface area contributed by atoms with E-state index >= 15 is 0 Å². The van der Waals surface area contributed by atoms with Gasteiger partial charge in [0.25, 0.3) is 5.69 Å². The summed E-state index contributed by atoms with van der Waals surface area (Å²) < 4.78 is 0. The van der Waals surface area contributed by atoms with E-state index in [1.165, 1.54) is 12.3 Å². The Morgan fingerprint density at radius 3 is 2.57 bits per heavy atom. The van der Waals surface area contributed by atoms with Crippen LogP contribution in [0.3, 0.4) is 0 Å². The number of rotatable bonds is 2. The maximum absolute atomic E-state index is 10.6. The largest absolute Gasteiger partial charge is 0.321 e. The van der Waals surface area contributed by atoms with Crippen molar-refractivity contribution in [2.45, 2.75) is 26.3 Å². The van der Waals surface area contributed by atoms with Gasteiger partial charge in [-0.3, -0.25) is 15.1 Å². The predicted octanol–water partition coefficient (Wildman–Crippen LogP) is 1.49. The Bertz CT molecular complexity index is 369. The second-order valence-corrected chi connectivity index (χ2v) is 3.83. The van der Waals surface area contributed by atoms with Gasteiger partial charge in [-0.1, -0.05) is 0 Å². The topological polar surface area (TPSA) is 82.0 Å². The van der Waals surface area contributed by atoms with Crippen molar-refractivity contribution >= 4 is 5.69 Å². The van der Waals surface area contributed by atoms with Crippen LogP contribution < -0.4 is 5.73 Å². The van der Waals surface area contributed by atoms with E-state index < -0.39 is 10.5 Å². The van der Waals surface area contributed by atoms with Crippen LogP contribution in [-0.2, 0) is 5.54 Å². The molecule has 0 aromatic carbocycles. The molecule has 0 amide bonds. The molecular weight excluding hydrogens is 182 g/mol. The van der Waals surface area contributed by atoms with Crippen LogP contribution >= 0.6 is 0 Å². The van der Waals surface area contributed by atoms with Crippen molar-refractivity contribution in [1.82, 2.24) is 4.98 Å². The molecule has 5 nitrogen and oxygen atoms in total. The lowest BCUT2D eigenvalue weighted by molar-refractivity contribution is -0.385. The molecule has 76 valence electrons. The molecule has 0 unspecified atom stereocenters. The quantitative estimate of drug-likeness (QED) is 0.572. The lowest BCUT2D eigenvalue weighted by Gasteiger charge is -2.17. The predicted molar refractivity (Wildman–Crippen MR) is 52.8 cm³/mol. The van der Waals surface area contributed by atoms with Gasteiger partial charge in [0.15, 0.2) is 0 Å². The third kappa shape index (κ3) is 2.05. The number of pyridine rings is 1. The summed E-state index contributed by atoms with van der Waals surface area (Å²) in [6.45, 7) is 5.17. The Morgan fingerprint density at radius 1 is 1.57 bits per heavy atom. The summed E-state index contributed by atoms with van der Waals surface area (Å²) in [5.74, 6) is 0. The minimum absolute atomic E-state index is 0.0634. The van der Waals surface area contributed by atoms with Crippen molar-refractivity contribution in [2.24, 2.45) is 5.73 Å². The van der Waals surface area contributed by atoms with Crippen LogP contribution in [0.1, 0.15) is 25.1 Å². The summed E-state index contributed by atoms with van der Waals surface area (Å²) in [5, 5.41) is 10.6. The molecule has 0 aliphatic carbocycles. The Labute approximate surface area is 82.1 Å². The average Bonchev–Trinajstić information content (AvgIpc) is 2.02. The highest BCUT2D eigenvalue weighted by molar-refractivity contribution is 5.40. The maximum Gasteiger partial charge on any atom is 0.275 e. The van der Waals surface area contributed by atoms with Gasteiger partial charge in [-0.15, -0.1) is 0 Å². The lowest BCUT2D eigenvalue weighted by Crippen LogP contribution is -2.29. The molecule has 0 bridgehead atoms. The Hall–Kier alpha value is -1.49. The van der Waals surface area contributed by atoms with Crippen LogP contribution in [0.2, 0.25) is 0 Å². The Balaban J connectivity index is 3.27. The van der Waals surface area contributed by atoms with Gasteiger partial charge >= 0.3 is 0 Å². The van der Waals surface area contributed by atoms with Gasteiger partial charge in [0, 0.05) is 17.8 Å². The van der Waals surface area contributed by atoms with Crippen LogP contribution in [0, 0.1) is 17.0 Å². The van der Waals surface area contributed by atoms with Crippen molar-refractivity contribution in [3.8, 4) is 0 Å². The van der Waals surface area contributed by atoms with E-state index in [-0.39, 0.29) is 5.69 Å².